The zero-order chi connectivity index (χ0) is 19.8. The standard InChI is InChI=1S/C22H31N5O2/c28-20(13-22-10-15-7-16(11-22)9-17(8-15)12-22)25-26-21(29)18-1-5-27(6-2-18)19-14-23-3-4-24-19/h3-4,14-18H,1-2,5-13H2,(H,25,28)(H,26,29). The number of hydrazine groups is 1. The molecule has 1 aromatic heterocycles. The number of nitrogens with zero attached hydrogens (tertiary/aromatic N) is 3. The molecular weight excluding hydrogens is 366 g/mol. The summed E-state index contributed by atoms with van der Waals surface area (Å²) in [4.78, 5) is 35.7. The van der Waals surface area contributed by atoms with Crippen molar-refractivity contribution in [3.8, 4) is 0 Å². The molecule has 0 unspecified atom stereocenters. The Balaban J connectivity index is 1.08. The molecule has 0 spiro atoms. The van der Waals surface area contributed by atoms with Gasteiger partial charge in [0.15, 0.2) is 0 Å². The lowest BCUT2D eigenvalue weighted by atomic mass is 9.49. The van der Waals surface area contributed by atoms with E-state index in [9.17, 15) is 9.59 Å². The lowest BCUT2D eigenvalue weighted by Crippen LogP contribution is -2.51. The third-order valence-electron chi connectivity index (χ3n) is 7.77. The largest absolute Gasteiger partial charge is 0.355 e. The first-order chi connectivity index (χ1) is 14.1. The van der Waals surface area contributed by atoms with Gasteiger partial charge in [-0.15, -0.1) is 0 Å². The predicted molar refractivity (Wildman–Crippen MR) is 108 cm³/mol. The van der Waals surface area contributed by atoms with Gasteiger partial charge >= 0.3 is 0 Å². The Kier molecular flexibility index (Phi) is 4.92. The van der Waals surface area contributed by atoms with Crippen LogP contribution in [0.3, 0.4) is 0 Å². The summed E-state index contributed by atoms with van der Waals surface area (Å²) in [7, 11) is 0. The first kappa shape index (κ1) is 18.8. The van der Waals surface area contributed by atoms with Gasteiger partial charge in [0, 0.05) is 37.8 Å². The number of rotatable bonds is 4. The Morgan fingerprint density at radius 1 is 1.00 bits per heavy atom. The maximum atomic E-state index is 12.6. The summed E-state index contributed by atoms with van der Waals surface area (Å²) < 4.78 is 0. The van der Waals surface area contributed by atoms with E-state index in [0.29, 0.717) is 6.42 Å². The second-order valence-electron chi connectivity index (χ2n) is 9.96. The van der Waals surface area contributed by atoms with Crippen molar-refractivity contribution in [2.24, 2.45) is 29.1 Å². The molecule has 156 valence electrons. The van der Waals surface area contributed by atoms with Crippen molar-refractivity contribution >= 4 is 17.6 Å². The molecule has 0 atom stereocenters. The van der Waals surface area contributed by atoms with Crippen LogP contribution >= 0.6 is 0 Å². The Morgan fingerprint density at radius 2 is 1.66 bits per heavy atom. The maximum absolute atomic E-state index is 12.6. The van der Waals surface area contributed by atoms with Gasteiger partial charge in [0.25, 0.3) is 0 Å². The average molecular weight is 398 g/mol. The highest BCUT2D eigenvalue weighted by molar-refractivity contribution is 5.83. The molecule has 29 heavy (non-hydrogen) atoms. The van der Waals surface area contributed by atoms with E-state index < -0.39 is 0 Å². The molecule has 6 rings (SSSR count). The van der Waals surface area contributed by atoms with Crippen molar-refractivity contribution in [1.29, 1.82) is 0 Å². The van der Waals surface area contributed by atoms with Gasteiger partial charge in [-0.2, -0.15) is 0 Å². The van der Waals surface area contributed by atoms with Gasteiger partial charge in [-0.1, -0.05) is 0 Å². The van der Waals surface area contributed by atoms with Crippen molar-refractivity contribution in [3.05, 3.63) is 18.6 Å². The average Bonchev–Trinajstić information content (AvgIpc) is 2.71. The molecule has 1 aliphatic heterocycles. The molecule has 1 aromatic rings. The molecule has 7 heteroatoms. The maximum Gasteiger partial charge on any atom is 0.241 e. The van der Waals surface area contributed by atoms with Crippen LogP contribution in [0.4, 0.5) is 5.82 Å². The number of nitrogens with one attached hydrogen (secondary N) is 2. The number of anilines is 1. The van der Waals surface area contributed by atoms with Crippen LogP contribution < -0.4 is 15.8 Å². The predicted octanol–water partition coefficient (Wildman–Crippen LogP) is 2.45. The number of hydrogen-bond donors (Lipinski definition) is 2. The Morgan fingerprint density at radius 3 is 2.24 bits per heavy atom. The van der Waals surface area contributed by atoms with Gasteiger partial charge in [0.1, 0.15) is 5.82 Å². The van der Waals surface area contributed by atoms with Gasteiger partial charge < -0.3 is 4.90 Å². The smallest absolute Gasteiger partial charge is 0.241 e. The summed E-state index contributed by atoms with van der Waals surface area (Å²) in [5.74, 6) is 3.22. The molecule has 4 bridgehead atoms. The summed E-state index contributed by atoms with van der Waals surface area (Å²) in [6.45, 7) is 1.55. The molecule has 1 saturated heterocycles. The topological polar surface area (TPSA) is 87.2 Å². The Labute approximate surface area is 172 Å². The van der Waals surface area contributed by atoms with Crippen LogP contribution in [0.15, 0.2) is 18.6 Å². The molecule has 2 N–H and O–H groups in total. The van der Waals surface area contributed by atoms with Crippen LogP contribution in [0.1, 0.15) is 57.8 Å². The zero-order valence-electron chi connectivity index (χ0n) is 17.0. The molecule has 4 aliphatic carbocycles. The van der Waals surface area contributed by atoms with Crippen LogP contribution in [0.25, 0.3) is 0 Å². The molecule has 7 nitrogen and oxygen atoms in total. The number of carbonyl (C=O) groups excluding carboxylic acids is 2. The number of amides is 2. The van der Waals surface area contributed by atoms with Crippen LogP contribution in [-0.2, 0) is 9.59 Å². The van der Waals surface area contributed by atoms with E-state index in [4.69, 9.17) is 0 Å². The Hall–Kier alpha value is -2.18. The molecule has 0 radical (unpaired) electrons. The fraction of sp³-hybridized carbons (Fsp3) is 0.727. The van der Waals surface area contributed by atoms with Crippen molar-refractivity contribution in [2.45, 2.75) is 57.8 Å². The van der Waals surface area contributed by atoms with Crippen molar-refractivity contribution in [1.82, 2.24) is 20.8 Å². The van der Waals surface area contributed by atoms with E-state index in [1.165, 1.54) is 38.5 Å². The Bertz CT molecular complexity index is 724. The minimum atomic E-state index is -0.0670. The van der Waals surface area contributed by atoms with Crippen LogP contribution in [0.5, 0.6) is 0 Å². The fourth-order valence-electron chi connectivity index (χ4n) is 6.95. The van der Waals surface area contributed by atoms with Gasteiger partial charge in [-0.3, -0.25) is 25.4 Å². The quantitative estimate of drug-likeness (QED) is 0.762. The summed E-state index contributed by atoms with van der Waals surface area (Å²) in [5.41, 5.74) is 5.63. The summed E-state index contributed by atoms with van der Waals surface area (Å²) in [5, 5.41) is 0. The molecule has 0 aromatic carbocycles. The van der Waals surface area contributed by atoms with Gasteiger partial charge in [-0.25, -0.2) is 4.98 Å². The number of hydrogen-bond acceptors (Lipinski definition) is 5. The first-order valence-electron chi connectivity index (χ1n) is 11.2. The molecule has 5 aliphatic rings. The van der Waals surface area contributed by atoms with Crippen molar-refractivity contribution in [3.63, 3.8) is 0 Å². The van der Waals surface area contributed by atoms with Crippen molar-refractivity contribution < 1.29 is 9.59 Å². The summed E-state index contributed by atoms with van der Waals surface area (Å²) in [6, 6.07) is 0. The lowest BCUT2D eigenvalue weighted by molar-refractivity contribution is -0.135. The minimum Gasteiger partial charge on any atom is -0.355 e. The van der Waals surface area contributed by atoms with Gasteiger partial charge in [0.2, 0.25) is 11.8 Å². The molecule has 4 saturated carbocycles. The number of aromatic nitrogens is 2. The van der Waals surface area contributed by atoms with E-state index in [1.807, 2.05) is 0 Å². The summed E-state index contributed by atoms with van der Waals surface area (Å²) >= 11 is 0. The van der Waals surface area contributed by atoms with Crippen LogP contribution in [0, 0.1) is 29.1 Å². The normalized spacial score (nSPS) is 33.5. The van der Waals surface area contributed by atoms with Gasteiger partial charge in [-0.05, 0) is 74.5 Å². The summed E-state index contributed by atoms with van der Waals surface area (Å²) in [6.07, 6.45) is 15.0. The van der Waals surface area contributed by atoms with E-state index in [2.05, 4.69) is 25.7 Å². The monoisotopic (exact) mass is 397 g/mol. The second-order valence-corrected chi connectivity index (χ2v) is 9.96. The van der Waals surface area contributed by atoms with E-state index >= 15 is 0 Å². The molecule has 2 heterocycles. The lowest BCUT2D eigenvalue weighted by Gasteiger charge is -2.56. The molecule has 2 amide bonds. The number of carbonyl (C=O) groups is 2. The fourth-order valence-corrected chi connectivity index (χ4v) is 6.95. The highest BCUT2D eigenvalue weighted by atomic mass is 16.2. The SMILES string of the molecule is O=C(CC12CC3CC(CC(C3)C1)C2)NNC(=O)C1CCN(c2cnccn2)CC1. The second kappa shape index (κ2) is 7.58. The van der Waals surface area contributed by atoms with Crippen molar-refractivity contribution in [2.75, 3.05) is 18.0 Å². The zero-order valence-corrected chi connectivity index (χ0v) is 17.0. The number of piperidine rings is 1. The third kappa shape index (κ3) is 3.96. The highest BCUT2D eigenvalue weighted by Crippen LogP contribution is 2.61. The molecular formula is C22H31N5O2. The molecule has 5 fully saturated rings. The van der Waals surface area contributed by atoms with Crippen LogP contribution in [0.2, 0.25) is 0 Å². The van der Waals surface area contributed by atoms with E-state index in [-0.39, 0.29) is 23.1 Å². The van der Waals surface area contributed by atoms with E-state index in [1.54, 1.807) is 18.6 Å². The van der Waals surface area contributed by atoms with Crippen LogP contribution in [-0.4, -0.2) is 34.9 Å². The van der Waals surface area contributed by atoms with E-state index in [0.717, 1.165) is 49.5 Å². The minimum absolute atomic E-state index is 0.0164. The van der Waals surface area contributed by atoms with Gasteiger partial charge in [0.05, 0.1) is 6.20 Å². The highest BCUT2D eigenvalue weighted by Gasteiger charge is 2.51. The first-order valence-corrected chi connectivity index (χ1v) is 11.2. The third-order valence-corrected chi connectivity index (χ3v) is 7.77.